The number of phenolic OH excluding ortho intramolecular Hbond substituents is 1. The van der Waals surface area contributed by atoms with Crippen LogP contribution in [-0.2, 0) is 4.79 Å². The maximum Gasteiger partial charge on any atom is 0.241 e. The minimum Gasteiger partial charge on any atom is -0.508 e. The Morgan fingerprint density at radius 2 is 2.00 bits per heavy atom. The van der Waals surface area contributed by atoms with Gasteiger partial charge in [-0.05, 0) is 56.5 Å². The van der Waals surface area contributed by atoms with Crippen LogP contribution in [0.5, 0.6) is 5.75 Å². The molecule has 0 aromatic heterocycles. The minimum atomic E-state index is -0.0913. The van der Waals surface area contributed by atoms with Gasteiger partial charge in [-0.25, -0.2) is 0 Å². The average molecular weight is 248 g/mol. The fraction of sp³-hybridized carbons (Fsp3) is 0.500. The molecule has 4 nitrogen and oxygen atoms in total. The number of aromatic hydroxyl groups is 1. The van der Waals surface area contributed by atoms with Crippen LogP contribution in [0.4, 0.5) is 5.69 Å². The average Bonchev–Trinajstić information content (AvgIpc) is 2.34. The van der Waals surface area contributed by atoms with Crippen molar-refractivity contribution in [3.05, 3.63) is 23.3 Å². The molecule has 0 saturated carbocycles. The highest BCUT2D eigenvalue weighted by atomic mass is 16.3. The standard InChI is InChI=1S/C14H20N2O2/c1-9-7-11(17)8-10(2)13(9)16-14(18)12-5-3-4-6-15-12/h7-8,12,15,17H,3-6H2,1-2H3,(H,16,18)/t12-/m1/s1. The lowest BCUT2D eigenvalue weighted by Crippen LogP contribution is -2.43. The molecule has 1 amide bonds. The highest BCUT2D eigenvalue weighted by Crippen LogP contribution is 2.25. The molecule has 0 spiro atoms. The van der Waals surface area contributed by atoms with E-state index in [4.69, 9.17) is 0 Å². The summed E-state index contributed by atoms with van der Waals surface area (Å²) in [5.74, 6) is 0.255. The van der Waals surface area contributed by atoms with Crippen LogP contribution in [0.2, 0.25) is 0 Å². The van der Waals surface area contributed by atoms with E-state index in [1.54, 1.807) is 12.1 Å². The summed E-state index contributed by atoms with van der Waals surface area (Å²) in [6.45, 7) is 4.68. The fourth-order valence-corrected chi connectivity index (χ4v) is 2.42. The number of hydrogen-bond acceptors (Lipinski definition) is 3. The number of carbonyl (C=O) groups excluding carboxylic acids is 1. The molecule has 1 fully saturated rings. The van der Waals surface area contributed by atoms with Crippen LogP contribution in [0.15, 0.2) is 12.1 Å². The molecular weight excluding hydrogens is 228 g/mol. The van der Waals surface area contributed by atoms with E-state index in [9.17, 15) is 9.90 Å². The van der Waals surface area contributed by atoms with Gasteiger partial charge >= 0.3 is 0 Å². The summed E-state index contributed by atoms with van der Waals surface area (Å²) in [6.07, 6.45) is 3.13. The Morgan fingerprint density at radius 1 is 1.33 bits per heavy atom. The van der Waals surface area contributed by atoms with Gasteiger partial charge in [0.2, 0.25) is 5.91 Å². The summed E-state index contributed by atoms with van der Waals surface area (Å²) in [5.41, 5.74) is 2.58. The Kier molecular flexibility index (Phi) is 3.87. The zero-order chi connectivity index (χ0) is 13.1. The predicted molar refractivity (Wildman–Crippen MR) is 71.9 cm³/mol. The highest BCUT2D eigenvalue weighted by Gasteiger charge is 2.21. The van der Waals surface area contributed by atoms with Crippen LogP contribution in [0.1, 0.15) is 30.4 Å². The number of nitrogens with one attached hydrogen (secondary N) is 2. The van der Waals surface area contributed by atoms with Gasteiger partial charge in [-0.2, -0.15) is 0 Å². The number of phenols is 1. The van der Waals surface area contributed by atoms with Crippen LogP contribution < -0.4 is 10.6 Å². The lowest BCUT2D eigenvalue weighted by molar-refractivity contribution is -0.118. The molecule has 0 bridgehead atoms. The van der Waals surface area contributed by atoms with E-state index in [1.807, 2.05) is 13.8 Å². The van der Waals surface area contributed by atoms with Gasteiger partial charge in [0.05, 0.1) is 6.04 Å². The summed E-state index contributed by atoms with van der Waals surface area (Å²) in [6, 6.07) is 3.24. The molecule has 3 N–H and O–H groups in total. The maximum absolute atomic E-state index is 12.1. The fourth-order valence-electron chi connectivity index (χ4n) is 2.42. The van der Waals surface area contributed by atoms with E-state index in [0.29, 0.717) is 0 Å². The van der Waals surface area contributed by atoms with E-state index >= 15 is 0 Å². The van der Waals surface area contributed by atoms with Crippen molar-refractivity contribution in [1.29, 1.82) is 0 Å². The first kappa shape index (κ1) is 12.9. The van der Waals surface area contributed by atoms with Crippen molar-refractivity contribution in [2.45, 2.75) is 39.2 Å². The maximum atomic E-state index is 12.1. The summed E-state index contributed by atoms with van der Waals surface area (Å²) < 4.78 is 0. The second kappa shape index (κ2) is 5.40. The van der Waals surface area contributed by atoms with Crippen molar-refractivity contribution >= 4 is 11.6 Å². The Bertz CT molecular complexity index is 428. The van der Waals surface area contributed by atoms with Crippen molar-refractivity contribution in [1.82, 2.24) is 5.32 Å². The van der Waals surface area contributed by atoms with Crippen LogP contribution in [0.25, 0.3) is 0 Å². The monoisotopic (exact) mass is 248 g/mol. The van der Waals surface area contributed by atoms with Crippen molar-refractivity contribution < 1.29 is 9.90 Å². The molecule has 1 heterocycles. The predicted octanol–water partition coefficient (Wildman–Crippen LogP) is 2.09. The Morgan fingerprint density at radius 3 is 2.56 bits per heavy atom. The number of aryl methyl sites for hydroxylation is 2. The molecule has 98 valence electrons. The lowest BCUT2D eigenvalue weighted by Gasteiger charge is -2.23. The first-order valence-corrected chi connectivity index (χ1v) is 6.42. The van der Waals surface area contributed by atoms with Crippen molar-refractivity contribution in [3.63, 3.8) is 0 Å². The number of rotatable bonds is 2. The molecule has 1 aromatic carbocycles. The normalized spacial score (nSPS) is 19.6. The molecule has 1 saturated heterocycles. The zero-order valence-corrected chi connectivity index (χ0v) is 10.9. The molecule has 0 radical (unpaired) electrons. The van der Waals surface area contributed by atoms with Crippen molar-refractivity contribution in [2.24, 2.45) is 0 Å². The van der Waals surface area contributed by atoms with Gasteiger partial charge in [0.15, 0.2) is 0 Å². The Labute approximate surface area is 107 Å². The van der Waals surface area contributed by atoms with Gasteiger partial charge in [0.25, 0.3) is 0 Å². The third-order valence-electron chi connectivity index (χ3n) is 3.39. The highest BCUT2D eigenvalue weighted by molar-refractivity contribution is 5.96. The first-order valence-electron chi connectivity index (χ1n) is 6.42. The number of piperidine rings is 1. The molecule has 0 unspecified atom stereocenters. The smallest absolute Gasteiger partial charge is 0.241 e. The lowest BCUT2D eigenvalue weighted by atomic mass is 10.0. The van der Waals surface area contributed by atoms with E-state index in [-0.39, 0.29) is 17.7 Å². The Hall–Kier alpha value is -1.55. The number of hydrogen-bond donors (Lipinski definition) is 3. The molecule has 18 heavy (non-hydrogen) atoms. The second-order valence-corrected chi connectivity index (χ2v) is 4.95. The molecule has 4 heteroatoms. The van der Waals surface area contributed by atoms with E-state index in [0.717, 1.165) is 42.6 Å². The van der Waals surface area contributed by atoms with E-state index < -0.39 is 0 Å². The van der Waals surface area contributed by atoms with Gasteiger partial charge in [0.1, 0.15) is 5.75 Å². The quantitative estimate of drug-likeness (QED) is 0.702. The number of carbonyl (C=O) groups is 1. The van der Waals surface area contributed by atoms with Crippen LogP contribution in [0, 0.1) is 13.8 Å². The third-order valence-corrected chi connectivity index (χ3v) is 3.39. The summed E-state index contributed by atoms with van der Waals surface area (Å²) in [4.78, 5) is 12.1. The Balaban J connectivity index is 2.11. The van der Waals surface area contributed by atoms with Crippen LogP contribution in [0.3, 0.4) is 0 Å². The molecule has 1 aliphatic rings. The first-order chi connectivity index (χ1) is 8.58. The zero-order valence-electron chi connectivity index (χ0n) is 10.9. The molecule has 1 aliphatic heterocycles. The summed E-state index contributed by atoms with van der Waals surface area (Å²) >= 11 is 0. The largest absolute Gasteiger partial charge is 0.508 e. The molecule has 2 rings (SSSR count). The molecular formula is C14H20N2O2. The van der Waals surface area contributed by atoms with Gasteiger partial charge in [-0.3, -0.25) is 4.79 Å². The SMILES string of the molecule is Cc1cc(O)cc(C)c1NC(=O)[C@H]1CCCCN1. The minimum absolute atomic E-state index is 0.0200. The third kappa shape index (κ3) is 2.82. The molecule has 1 atom stereocenters. The van der Waals surface area contributed by atoms with Crippen LogP contribution in [-0.4, -0.2) is 23.6 Å². The van der Waals surface area contributed by atoms with Gasteiger partial charge in [-0.1, -0.05) is 6.42 Å². The van der Waals surface area contributed by atoms with Crippen molar-refractivity contribution in [3.8, 4) is 5.75 Å². The van der Waals surface area contributed by atoms with E-state index in [2.05, 4.69) is 10.6 Å². The van der Waals surface area contributed by atoms with Gasteiger partial charge < -0.3 is 15.7 Å². The van der Waals surface area contributed by atoms with Gasteiger partial charge in [-0.15, -0.1) is 0 Å². The topological polar surface area (TPSA) is 61.4 Å². The number of amides is 1. The summed E-state index contributed by atoms with van der Waals surface area (Å²) in [5, 5.41) is 15.7. The molecule has 1 aromatic rings. The number of anilines is 1. The van der Waals surface area contributed by atoms with Gasteiger partial charge in [0, 0.05) is 5.69 Å². The second-order valence-electron chi connectivity index (χ2n) is 4.95. The van der Waals surface area contributed by atoms with Crippen molar-refractivity contribution in [2.75, 3.05) is 11.9 Å². The van der Waals surface area contributed by atoms with Crippen LogP contribution >= 0.6 is 0 Å². The molecule has 0 aliphatic carbocycles. The number of benzene rings is 1. The summed E-state index contributed by atoms with van der Waals surface area (Å²) in [7, 11) is 0. The van der Waals surface area contributed by atoms with E-state index in [1.165, 1.54) is 0 Å².